The Morgan fingerprint density at radius 1 is 1.41 bits per heavy atom. The Bertz CT molecular complexity index is 442. The van der Waals surface area contributed by atoms with Crippen molar-refractivity contribution in [3.05, 3.63) is 42.7 Å². The summed E-state index contributed by atoms with van der Waals surface area (Å²) in [5.41, 5.74) is 0. The quantitative estimate of drug-likeness (QED) is 0.845. The van der Waals surface area contributed by atoms with E-state index in [1.165, 1.54) is 19.1 Å². The molecule has 2 rings (SSSR count). The van der Waals surface area contributed by atoms with Gasteiger partial charge in [-0.25, -0.2) is 0 Å². The molecule has 0 saturated heterocycles. The summed E-state index contributed by atoms with van der Waals surface area (Å²) in [5.74, 6) is 0. The lowest BCUT2D eigenvalue weighted by Gasteiger charge is -2.11. The molecule has 17 heavy (non-hydrogen) atoms. The zero-order chi connectivity index (χ0) is 12.3. The van der Waals surface area contributed by atoms with Crippen LogP contribution >= 0.6 is 38.6 Å². The SMILES string of the molecule is Cc1sc(CNC(C)Cc2cccs2)cc1Br. The first-order chi connectivity index (χ1) is 8.15. The van der Waals surface area contributed by atoms with Crippen molar-refractivity contribution < 1.29 is 0 Å². The fourth-order valence-corrected chi connectivity index (χ4v) is 4.07. The number of hydrogen-bond donors (Lipinski definition) is 1. The molecule has 0 bridgehead atoms. The van der Waals surface area contributed by atoms with Crippen LogP contribution in [-0.2, 0) is 13.0 Å². The maximum absolute atomic E-state index is 3.57. The Morgan fingerprint density at radius 2 is 2.24 bits per heavy atom. The standard InChI is InChI=1S/C13H16BrNS2/c1-9(6-11-4-3-5-16-11)15-8-12-7-13(14)10(2)17-12/h3-5,7,9,15H,6,8H2,1-2H3. The molecule has 1 N–H and O–H groups in total. The molecule has 0 aliphatic carbocycles. The predicted molar refractivity (Wildman–Crippen MR) is 81.1 cm³/mol. The Kier molecular flexibility index (Phi) is 4.79. The number of rotatable bonds is 5. The molecule has 1 nitrogen and oxygen atoms in total. The molecule has 0 aromatic carbocycles. The molecule has 92 valence electrons. The molecule has 0 saturated carbocycles. The maximum Gasteiger partial charge on any atom is 0.0314 e. The minimum Gasteiger partial charge on any atom is -0.309 e. The summed E-state index contributed by atoms with van der Waals surface area (Å²) < 4.78 is 1.23. The van der Waals surface area contributed by atoms with E-state index in [1.54, 1.807) is 0 Å². The van der Waals surface area contributed by atoms with Gasteiger partial charge in [-0.15, -0.1) is 22.7 Å². The summed E-state index contributed by atoms with van der Waals surface area (Å²) in [7, 11) is 0. The fourth-order valence-electron chi connectivity index (χ4n) is 1.68. The zero-order valence-corrected chi connectivity index (χ0v) is 13.2. The third-order valence-electron chi connectivity index (χ3n) is 2.62. The van der Waals surface area contributed by atoms with Crippen LogP contribution in [0.5, 0.6) is 0 Å². The van der Waals surface area contributed by atoms with E-state index in [9.17, 15) is 0 Å². The number of halogens is 1. The minimum atomic E-state index is 0.523. The van der Waals surface area contributed by atoms with Crippen LogP contribution in [0.25, 0.3) is 0 Å². The molecule has 1 unspecified atom stereocenters. The Morgan fingerprint density at radius 3 is 2.82 bits per heavy atom. The van der Waals surface area contributed by atoms with E-state index in [2.05, 4.69) is 58.7 Å². The highest BCUT2D eigenvalue weighted by atomic mass is 79.9. The van der Waals surface area contributed by atoms with Gasteiger partial charge in [0.1, 0.15) is 0 Å². The highest BCUT2D eigenvalue weighted by molar-refractivity contribution is 9.10. The molecule has 0 aliphatic heterocycles. The summed E-state index contributed by atoms with van der Waals surface area (Å²) in [6, 6.07) is 7.06. The summed E-state index contributed by atoms with van der Waals surface area (Å²) >= 11 is 7.25. The van der Waals surface area contributed by atoms with Gasteiger partial charge in [0.2, 0.25) is 0 Å². The van der Waals surface area contributed by atoms with Crippen LogP contribution in [-0.4, -0.2) is 6.04 Å². The van der Waals surface area contributed by atoms with Crippen molar-refractivity contribution >= 4 is 38.6 Å². The Labute approximate surface area is 119 Å². The third-order valence-corrected chi connectivity index (χ3v) is 5.66. The van der Waals surface area contributed by atoms with Crippen molar-refractivity contribution in [1.29, 1.82) is 0 Å². The van der Waals surface area contributed by atoms with Crippen LogP contribution in [0, 0.1) is 6.92 Å². The molecule has 1 atom stereocenters. The molecule has 4 heteroatoms. The fraction of sp³-hybridized carbons (Fsp3) is 0.385. The van der Waals surface area contributed by atoms with Crippen molar-refractivity contribution in [3.8, 4) is 0 Å². The molecular weight excluding hydrogens is 314 g/mol. The van der Waals surface area contributed by atoms with Crippen LogP contribution in [0.4, 0.5) is 0 Å². The largest absolute Gasteiger partial charge is 0.309 e. The molecule has 2 aromatic heterocycles. The van der Waals surface area contributed by atoms with Crippen molar-refractivity contribution in [2.24, 2.45) is 0 Å². The van der Waals surface area contributed by atoms with E-state index in [-0.39, 0.29) is 0 Å². The van der Waals surface area contributed by atoms with Crippen LogP contribution in [0.15, 0.2) is 28.1 Å². The van der Waals surface area contributed by atoms with Crippen LogP contribution in [0.3, 0.4) is 0 Å². The second-order valence-corrected chi connectivity index (χ2v) is 7.41. The Hall–Kier alpha value is -0.160. The molecular formula is C13H16BrNS2. The molecule has 0 aliphatic rings. The van der Waals surface area contributed by atoms with E-state index in [0.29, 0.717) is 6.04 Å². The van der Waals surface area contributed by atoms with Crippen LogP contribution in [0.2, 0.25) is 0 Å². The molecule has 0 radical (unpaired) electrons. The van der Waals surface area contributed by atoms with Gasteiger partial charge in [0.15, 0.2) is 0 Å². The van der Waals surface area contributed by atoms with Gasteiger partial charge in [-0.1, -0.05) is 6.07 Å². The average molecular weight is 330 g/mol. The molecule has 0 spiro atoms. The maximum atomic E-state index is 3.57. The lowest BCUT2D eigenvalue weighted by molar-refractivity contribution is 0.552. The Balaban J connectivity index is 1.81. The van der Waals surface area contributed by atoms with Gasteiger partial charge < -0.3 is 5.32 Å². The predicted octanol–water partition coefficient (Wildman–Crippen LogP) is 4.60. The lowest BCUT2D eigenvalue weighted by Crippen LogP contribution is -2.26. The van der Waals surface area contributed by atoms with Crippen LogP contribution in [0.1, 0.15) is 21.6 Å². The number of thiophene rings is 2. The van der Waals surface area contributed by atoms with Crippen molar-refractivity contribution in [2.45, 2.75) is 32.9 Å². The number of nitrogens with one attached hydrogen (secondary N) is 1. The van der Waals surface area contributed by atoms with Crippen molar-refractivity contribution in [3.63, 3.8) is 0 Å². The lowest BCUT2D eigenvalue weighted by atomic mass is 10.2. The first kappa shape index (κ1) is 13.3. The van der Waals surface area contributed by atoms with E-state index >= 15 is 0 Å². The topological polar surface area (TPSA) is 12.0 Å². The third kappa shape index (κ3) is 3.91. The summed E-state index contributed by atoms with van der Waals surface area (Å²) in [4.78, 5) is 4.20. The zero-order valence-electron chi connectivity index (χ0n) is 10.00. The van der Waals surface area contributed by atoms with Gasteiger partial charge in [-0.05, 0) is 53.7 Å². The minimum absolute atomic E-state index is 0.523. The number of aryl methyl sites for hydroxylation is 1. The second kappa shape index (κ2) is 6.14. The van der Waals surface area contributed by atoms with Gasteiger partial charge in [-0.3, -0.25) is 0 Å². The molecule has 2 heterocycles. The van der Waals surface area contributed by atoms with Gasteiger partial charge in [0.25, 0.3) is 0 Å². The van der Waals surface area contributed by atoms with Crippen molar-refractivity contribution in [1.82, 2.24) is 5.32 Å². The molecule has 2 aromatic rings. The first-order valence-corrected chi connectivity index (χ1v) is 8.14. The highest BCUT2D eigenvalue weighted by Gasteiger charge is 2.06. The van der Waals surface area contributed by atoms with E-state index in [1.807, 2.05) is 22.7 Å². The van der Waals surface area contributed by atoms with Crippen LogP contribution < -0.4 is 5.32 Å². The average Bonchev–Trinajstić information content (AvgIpc) is 2.87. The summed E-state index contributed by atoms with van der Waals surface area (Å²) in [6.07, 6.45) is 1.11. The van der Waals surface area contributed by atoms with Gasteiger partial charge in [0.05, 0.1) is 0 Å². The van der Waals surface area contributed by atoms with E-state index < -0.39 is 0 Å². The van der Waals surface area contributed by atoms with Crippen molar-refractivity contribution in [2.75, 3.05) is 0 Å². The summed E-state index contributed by atoms with van der Waals surface area (Å²) in [6.45, 7) is 5.35. The van der Waals surface area contributed by atoms with Gasteiger partial charge in [0, 0.05) is 31.7 Å². The molecule has 0 amide bonds. The number of hydrogen-bond acceptors (Lipinski definition) is 3. The van der Waals surface area contributed by atoms with E-state index in [0.717, 1.165) is 13.0 Å². The highest BCUT2D eigenvalue weighted by Crippen LogP contribution is 2.26. The second-order valence-electron chi connectivity index (χ2n) is 4.18. The smallest absolute Gasteiger partial charge is 0.0314 e. The summed E-state index contributed by atoms with van der Waals surface area (Å²) in [5, 5.41) is 5.71. The molecule has 0 fully saturated rings. The van der Waals surface area contributed by atoms with Gasteiger partial charge >= 0.3 is 0 Å². The first-order valence-electron chi connectivity index (χ1n) is 5.65. The van der Waals surface area contributed by atoms with Gasteiger partial charge in [-0.2, -0.15) is 0 Å². The normalized spacial score (nSPS) is 12.9. The monoisotopic (exact) mass is 329 g/mol. The van der Waals surface area contributed by atoms with E-state index in [4.69, 9.17) is 0 Å².